The lowest BCUT2D eigenvalue weighted by Gasteiger charge is -2.16. The van der Waals surface area contributed by atoms with Crippen LogP contribution in [0.2, 0.25) is 0 Å². The van der Waals surface area contributed by atoms with Crippen LogP contribution in [0.4, 0.5) is 8.78 Å². The van der Waals surface area contributed by atoms with Crippen LogP contribution in [0, 0.1) is 0 Å². The van der Waals surface area contributed by atoms with E-state index in [0.29, 0.717) is 23.1 Å². The number of aromatic amines is 1. The van der Waals surface area contributed by atoms with Crippen molar-refractivity contribution in [2.24, 2.45) is 0 Å². The van der Waals surface area contributed by atoms with Gasteiger partial charge in [-0.15, -0.1) is 0 Å². The molecule has 0 radical (unpaired) electrons. The second-order valence-electron chi connectivity index (χ2n) is 6.97. The molecule has 1 aliphatic rings. The summed E-state index contributed by atoms with van der Waals surface area (Å²) in [5, 5.41) is 2.87. The molecule has 0 saturated heterocycles. The summed E-state index contributed by atoms with van der Waals surface area (Å²) in [4.78, 5) is 18.9. The van der Waals surface area contributed by atoms with Crippen molar-refractivity contribution in [1.82, 2.24) is 15.3 Å². The Labute approximate surface area is 161 Å². The first-order valence-corrected chi connectivity index (χ1v) is 9.41. The molecule has 5 nitrogen and oxygen atoms in total. The van der Waals surface area contributed by atoms with Gasteiger partial charge in [0.25, 0.3) is 12.3 Å². The lowest BCUT2D eigenvalue weighted by Crippen LogP contribution is -2.23. The van der Waals surface area contributed by atoms with Crippen LogP contribution in [0.1, 0.15) is 53.9 Å². The molecule has 1 fully saturated rings. The number of para-hydroxylation sites is 1. The Kier molecular flexibility index (Phi) is 5.23. The van der Waals surface area contributed by atoms with Gasteiger partial charge in [-0.3, -0.25) is 4.79 Å². The number of ether oxygens (including phenoxy) is 1. The number of aromatic nitrogens is 2. The van der Waals surface area contributed by atoms with Gasteiger partial charge in [-0.1, -0.05) is 18.2 Å². The molecule has 28 heavy (non-hydrogen) atoms. The van der Waals surface area contributed by atoms with Gasteiger partial charge < -0.3 is 15.0 Å². The Balaban J connectivity index is 1.45. The largest absolute Gasteiger partial charge is 0.490 e. The summed E-state index contributed by atoms with van der Waals surface area (Å²) in [7, 11) is 0. The third-order valence-electron chi connectivity index (χ3n) is 4.98. The van der Waals surface area contributed by atoms with E-state index in [-0.39, 0.29) is 12.0 Å². The second kappa shape index (κ2) is 7.96. The van der Waals surface area contributed by atoms with Crippen LogP contribution in [0.3, 0.4) is 0 Å². The van der Waals surface area contributed by atoms with Gasteiger partial charge >= 0.3 is 0 Å². The Bertz CT molecular complexity index is 981. The molecule has 1 aliphatic carbocycles. The lowest BCUT2D eigenvalue weighted by atomic mass is 10.1. The molecule has 3 aromatic rings. The van der Waals surface area contributed by atoms with E-state index in [0.717, 1.165) is 24.2 Å². The molecular weight excluding hydrogens is 364 g/mol. The van der Waals surface area contributed by atoms with E-state index in [4.69, 9.17) is 4.74 Å². The molecule has 2 aromatic carbocycles. The number of hydrogen-bond acceptors (Lipinski definition) is 3. The quantitative estimate of drug-likeness (QED) is 0.643. The van der Waals surface area contributed by atoms with E-state index in [9.17, 15) is 13.6 Å². The van der Waals surface area contributed by atoms with Crippen molar-refractivity contribution in [3.8, 4) is 5.75 Å². The summed E-state index contributed by atoms with van der Waals surface area (Å²) in [6.07, 6.45) is 2.06. The maximum atomic E-state index is 12.8. The molecule has 1 saturated carbocycles. The van der Waals surface area contributed by atoms with Crippen LogP contribution in [0.15, 0.2) is 42.5 Å². The van der Waals surface area contributed by atoms with Crippen LogP contribution in [0.5, 0.6) is 5.75 Å². The van der Waals surface area contributed by atoms with Gasteiger partial charge in [0.05, 0.1) is 17.1 Å². The number of nitrogens with zero attached hydrogens (tertiary/aromatic N) is 1. The average molecular weight is 385 g/mol. The number of H-pyrrole nitrogens is 1. The number of alkyl halides is 2. The van der Waals surface area contributed by atoms with Gasteiger partial charge in [0, 0.05) is 17.7 Å². The van der Waals surface area contributed by atoms with Crippen molar-refractivity contribution >= 4 is 16.9 Å². The minimum atomic E-state index is -2.68. The molecule has 4 rings (SSSR count). The van der Waals surface area contributed by atoms with Crippen molar-refractivity contribution in [1.29, 1.82) is 0 Å². The normalized spacial score (nSPS) is 14.7. The average Bonchev–Trinajstić information content (AvgIpc) is 3.36. The number of carbonyl (C=O) groups is 1. The maximum Gasteiger partial charge on any atom is 0.295 e. The van der Waals surface area contributed by atoms with Crippen molar-refractivity contribution in [3.05, 3.63) is 59.4 Å². The van der Waals surface area contributed by atoms with E-state index in [1.807, 2.05) is 24.3 Å². The van der Waals surface area contributed by atoms with Crippen LogP contribution in [-0.2, 0) is 6.54 Å². The number of halogens is 2. The second-order valence-corrected chi connectivity index (χ2v) is 6.97. The third-order valence-corrected chi connectivity index (χ3v) is 4.98. The third kappa shape index (κ3) is 3.98. The van der Waals surface area contributed by atoms with E-state index in [2.05, 4.69) is 15.3 Å². The highest BCUT2D eigenvalue weighted by Gasteiger charge is 2.18. The molecule has 0 atom stereocenters. The van der Waals surface area contributed by atoms with Gasteiger partial charge in [-0.25, -0.2) is 13.8 Å². The summed E-state index contributed by atoms with van der Waals surface area (Å²) in [6, 6.07) is 12.3. The highest BCUT2D eigenvalue weighted by molar-refractivity contribution is 5.97. The minimum absolute atomic E-state index is 0.240. The molecule has 1 aromatic heterocycles. The van der Waals surface area contributed by atoms with Crippen molar-refractivity contribution in [2.75, 3.05) is 0 Å². The summed E-state index contributed by atoms with van der Waals surface area (Å²) < 4.78 is 31.6. The number of imidazole rings is 1. The number of benzene rings is 2. The van der Waals surface area contributed by atoms with E-state index in [1.54, 1.807) is 12.1 Å². The fraction of sp³-hybridized carbons (Fsp3) is 0.333. The van der Waals surface area contributed by atoms with Gasteiger partial charge in [0.1, 0.15) is 5.75 Å². The molecule has 2 N–H and O–H groups in total. The number of amides is 1. The predicted octanol–water partition coefficient (Wildman–Crippen LogP) is 4.75. The number of rotatable bonds is 6. The summed E-state index contributed by atoms with van der Waals surface area (Å²) in [5.74, 6) is 0.108. The molecule has 1 amide bonds. The Morgan fingerprint density at radius 2 is 2.00 bits per heavy atom. The summed E-state index contributed by atoms with van der Waals surface area (Å²) >= 11 is 0. The highest BCUT2D eigenvalue weighted by Crippen LogP contribution is 2.27. The smallest absolute Gasteiger partial charge is 0.295 e. The van der Waals surface area contributed by atoms with Gasteiger partial charge in [0.15, 0.2) is 5.82 Å². The lowest BCUT2D eigenvalue weighted by molar-refractivity contribution is 0.0950. The molecule has 7 heteroatoms. The van der Waals surface area contributed by atoms with E-state index in [1.165, 1.54) is 18.9 Å². The molecule has 146 valence electrons. The zero-order valence-corrected chi connectivity index (χ0v) is 15.3. The first kappa shape index (κ1) is 18.4. The van der Waals surface area contributed by atoms with Gasteiger partial charge in [-0.05, 0) is 49.9 Å². The van der Waals surface area contributed by atoms with E-state index >= 15 is 0 Å². The molecule has 0 bridgehead atoms. The summed E-state index contributed by atoms with van der Waals surface area (Å²) in [5.41, 5.74) is 2.10. The number of hydrogen-bond donors (Lipinski definition) is 2. The SMILES string of the molecule is O=C(NCc1ccccc1OC1CCCC1)c1ccc2nc(C(F)F)[nH]c2c1. The fourth-order valence-corrected chi connectivity index (χ4v) is 3.50. The van der Waals surface area contributed by atoms with Crippen LogP contribution in [0.25, 0.3) is 11.0 Å². The maximum absolute atomic E-state index is 12.8. The minimum Gasteiger partial charge on any atom is -0.490 e. The number of nitrogens with one attached hydrogen (secondary N) is 2. The van der Waals surface area contributed by atoms with Crippen molar-refractivity contribution in [2.45, 2.75) is 44.8 Å². The standard InChI is InChI=1S/C21H21F2N3O2/c22-19(23)20-25-16-10-9-13(11-17(16)26-20)21(27)24-12-14-5-1-4-8-18(14)28-15-6-2-3-7-15/h1,4-5,8-11,15,19H,2-3,6-7,12H2,(H,24,27)(H,25,26). The molecule has 0 unspecified atom stereocenters. The predicted molar refractivity (Wildman–Crippen MR) is 102 cm³/mol. The first-order chi connectivity index (χ1) is 13.6. The zero-order valence-electron chi connectivity index (χ0n) is 15.3. The van der Waals surface area contributed by atoms with Gasteiger partial charge in [-0.2, -0.15) is 0 Å². The molecule has 1 heterocycles. The topological polar surface area (TPSA) is 67.0 Å². The molecular formula is C21H21F2N3O2. The summed E-state index contributed by atoms with van der Waals surface area (Å²) in [6.45, 7) is 0.324. The van der Waals surface area contributed by atoms with E-state index < -0.39 is 12.2 Å². The molecule has 0 spiro atoms. The molecule has 0 aliphatic heterocycles. The highest BCUT2D eigenvalue weighted by atomic mass is 19.3. The number of carbonyl (C=O) groups excluding carboxylic acids is 1. The van der Waals surface area contributed by atoms with Crippen molar-refractivity contribution < 1.29 is 18.3 Å². The Morgan fingerprint density at radius 3 is 2.79 bits per heavy atom. The monoisotopic (exact) mass is 385 g/mol. The Hall–Kier alpha value is -2.96. The van der Waals surface area contributed by atoms with Crippen molar-refractivity contribution in [3.63, 3.8) is 0 Å². The van der Waals surface area contributed by atoms with Crippen LogP contribution in [-0.4, -0.2) is 22.0 Å². The van der Waals surface area contributed by atoms with Crippen LogP contribution >= 0.6 is 0 Å². The fourth-order valence-electron chi connectivity index (χ4n) is 3.50. The zero-order chi connectivity index (χ0) is 19.5. The number of fused-ring (bicyclic) bond motifs is 1. The first-order valence-electron chi connectivity index (χ1n) is 9.41. The Morgan fingerprint density at radius 1 is 1.21 bits per heavy atom. The van der Waals surface area contributed by atoms with Gasteiger partial charge in [0.2, 0.25) is 0 Å². The van der Waals surface area contributed by atoms with Crippen LogP contribution < -0.4 is 10.1 Å².